The topological polar surface area (TPSA) is 15.3 Å². The number of nitrogens with zero attached hydrogens (tertiary/aromatic N) is 1. The molecule has 0 unspecified atom stereocenters. The Kier molecular flexibility index (Phi) is 3.85. The summed E-state index contributed by atoms with van der Waals surface area (Å²) in [5.74, 6) is 0.802. The van der Waals surface area contributed by atoms with Crippen molar-refractivity contribution in [1.29, 1.82) is 0 Å². The Labute approximate surface area is 115 Å². The molecule has 1 saturated heterocycles. The number of nitrogens with one attached hydrogen (secondary N) is 1. The van der Waals surface area contributed by atoms with Gasteiger partial charge in [-0.2, -0.15) is 0 Å². The molecule has 2 fully saturated rings. The number of hydrogen-bond donors (Lipinski definition) is 1. The maximum Gasteiger partial charge on any atom is 0.126 e. The van der Waals surface area contributed by atoms with Crippen LogP contribution in [0.1, 0.15) is 36.4 Å². The SMILES string of the molecule is Cc1c(F)cccc1[C@H](CC1CC1)N1CCNCC1. The first-order chi connectivity index (χ1) is 9.25. The van der Waals surface area contributed by atoms with Crippen molar-refractivity contribution in [3.63, 3.8) is 0 Å². The van der Waals surface area contributed by atoms with Gasteiger partial charge >= 0.3 is 0 Å². The summed E-state index contributed by atoms with van der Waals surface area (Å²) < 4.78 is 13.8. The second-order valence-corrected chi connectivity index (χ2v) is 5.93. The summed E-state index contributed by atoms with van der Waals surface area (Å²) in [4.78, 5) is 2.54. The zero-order valence-electron chi connectivity index (χ0n) is 11.7. The fourth-order valence-electron chi connectivity index (χ4n) is 3.12. The van der Waals surface area contributed by atoms with Crippen molar-refractivity contribution in [3.05, 3.63) is 35.1 Å². The molecule has 0 bridgehead atoms. The van der Waals surface area contributed by atoms with Gasteiger partial charge in [-0.3, -0.25) is 4.90 Å². The highest BCUT2D eigenvalue weighted by molar-refractivity contribution is 5.30. The third-order valence-corrected chi connectivity index (χ3v) is 4.51. The number of halogens is 1. The zero-order chi connectivity index (χ0) is 13.2. The lowest BCUT2D eigenvalue weighted by atomic mass is 9.94. The van der Waals surface area contributed by atoms with E-state index in [-0.39, 0.29) is 5.82 Å². The van der Waals surface area contributed by atoms with Crippen LogP contribution >= 0.6 is 0 Å². The highest BCUT2D eigenvalue weighted by Gasteiger charge is 2.31. The van der Waals surface area contributed by atoms with Gasteiger partial charge in [0.1, 0.15) is 5.82 Å². The van der Waals surface area contributed by atoms with Crippen molar-refractivity contribution in [2.24, 2.45) is 5.92 Å². The molecule has 3 rings (SSSR count). The highest BCUT2D eigenvalue weighted by Crippen LogP contribution is 2.41. The molecule has 2 aliphatic rings. The lowest BCUT2D eigenvalue weighted by Gasteiger charge is -2.36. The fraction of sp³-hybridized carbons (Fsp3) is 0.625. The van der Waals surface area contributed by atoms with Crippen LogP contribution in [0.3, 0.4) is 0 Å². The molecule has 3 heteroatoms. The zero-order valence-corrected chi connectivity index (χ0v) is 11.7. The smallest absolute Gasteiger partial charge is 0.126 e. The molecule has 0 spiro atoms. The van der Waals surface area contributed by atoms with E-state index in [1.165, 1.54) is 24.8 Å². The average Bonchev–Trinajstić information content (AvgIpc) is 3.25. The molecule has 1 aromatic rings. The Morgan fingerprint density at radius 3 is 2.74 bits per heavy atom. The van der Waals surface area contributed by atoms with Crippen LogP contribution in [-0.2, 0) is 0 Å². The summed E-state index contributed by atoms with van der Waals surface area (Å²) in [6.45, 7) is 6.18. The van der Waals surface area contributed by atoms with E-state index >= 15 is 0 Å². The van der Waals surface area contributed by atoms with Crippen LogP contribution in [0.2, 0.25) is 0 Å². The first kappa shape index (κ1) is 13.1. The van der Waals surface area contributed by atoms with E-state index in [2.05, 4.69) is 16.3 Å². The first-order valence-corrected chi connectivity index (χ1v) is 7.45. The number of rotatable bonds is 4. The number of benzene rings is 1. The van der Waals surface area contributed by atoms with Crippen LogP contribution in [0, 0.1) is 18.7 Å². The van der Waals surface area contributed by atoms with Gasteiger partial charge in [0.25, 0.3) is 0 Å². The number of piperazine rings is 1. The van der Waals surface area contributed by atoms with Crippen molar-refractivity contribution in [1.82, 2.24) is 10.2 Å². The van der Waals surface area contributed by atoms with Crippen LogP contribution in [0.15, 0.2) is 18.2 Å². The average molecular weight is 262 g/mol. The molecule has 2 nitrogen and oxygen atoms in total. The predicted octanol–water partition coefficient (Wildman–Crippen LogP) is 2.88. The highest BCUT2D eigenvalue weighted by atomic mass is 19.1. The minimum atomic E-state index is -0.0616. The monoisotopic (exact) mass is 262 g/mol. The maximum atomic E-state index is 13.8. The van der Waals surface area contributed by atoms with E-state index in [0.29, 0.717) is 6.04 Å². The summed E-state index contributed by atoms with van der Waals surface area (Å²) in [6.07, 6.45) is 3.91. The fourth-order valence-corrected chi connectivity index (χ4v) is 3.12. The molecule has 1 saturated carbocycles. The predicted molar refractivity (Wildman–Crippen MR) is 75.7 cm³/mol. The Balaban J connectivity index is 1.86. The third kappa shape index (κ3) is 2.98. The molecular formula is C16H23FN2. The maximum absolute atomic E-state index is 13.8. The van der Waals surface area contributed by atoms with E-state index in [1.54, 1.807) is 6.07 Å². The largest absolute Gasteiger partial charge is 0.314 e. The van der Waals surface area contributed by atoms with Gasteiger partial charge in [-0.1, -0.05) is 25.0 Å². The van der Waals surface area contributed by atoms with E-state index in [0.717, 1.165) is 37.7 Å². The summed E-state index contributed by atoms with van der Waals surface area (Å²) in [5, 5.41) is 3.40. The summed E-state index contributed by atoms with van der Waals surface area (Å²) >= 11 is 0. The quantitative estimate of drug-likeness (QED) is 0.897. The Hall–Kier alpha value is -0.930. The molecule has 0 aromatic heterocycles. The van der Waals surface area contributed by atoms with Crippen LogP contribution in [0.25, 0.3) is 0 Å². The Morgan fingerprint density at radius 2 is 2.05 bits per heavy atom. The van der Waals surface area contributed by atoms with Gasteiger partial charge in [0.15, 0.2) is 0 Å². The van der Waals surface area contributed by atoms with E-state index < -0.39 is 0 Å². The molecule has 1 atom stereocenters. The summed E-state index contributed by atoms with van der Waals surface area (Å²) in [6, 6.07) is 5.96. The van der Waals surface area contributed by atoms with Gasteiger partial charge in [-0.15, -0.1) is 0 Å². The second kappa shape index (κ2) is 5.59. The minimum absolute atomic E-state index is 0.0616. The van der Waals surface area contributed by atoms with E-state index in [4.69, 9.17) is 0 Å². The van der Waals surface area contributed by atoms with Gasteiger partial charge in [-0.05, 0) is 36.5 Å². The summed E-state index contributed by atoms with van der Waals surface area (Å²) in [5.41, 5.74) is 2.04. The summed E-state index contributed by atoms with van der Waals surface area (Å²) in [7, 11) is 0. The molecule has 1 aromatic carbocycles. The van der Waals surface area contributed by atoms with Gasteiger partial charge in [0, 0.05) is 32.2 Å². The van der Waals surface area contributed by atoms with Crippen molar-refractivity contribution >= 4 is 0 Å². The standard InChI is InChI=1S/C16H23FN2/c1-12-14(3-2-4-15(12)17)16(11-13-5-6-13)19-9-7-18-8-10-19/h2-4,13,16,18H,5-11H2,1H3/t16-/m0/s1. The molecule has 19 heavy (non-hydrogen) atoms. The molecule has 0 radical (unpaired) electrons. The van der Waals surface area contributed by atoms with Gasteiger partial charge < -0.3 is 5.32 Å². The van der Waals surface area contributed by atoms with E-state index in [9.17, 15) is 4.39 Å². The van der Waals surface area contributed by atoms with Crippen LogP contribution < -0.4 is 5.32 Å². The van der Waals surface area contributed by atoms with Gasteiger partial charge in [0.05, 0.1) is 0 Å². The lowest BCUT2D eigenvalue weighted by Crippen LogP contribution is -2.45. The number of hydrogen-bond acceptors (Lipinski definition) is 2. The van der Waals surface area contributed by atoms with E-state index in [1.807, 2.05) is 13.0 Å². The normalized spacial score (nSPS) is 22.4. The van der Waals surface area contributed by atoms with Gasteiger partial charge in [0.2, 0.25) is 0 Å². The Bertz CT molecular complexity index is 436. The van der Waals surface area contributed by atoms with Crippen molar-refractivity contribution < 1.29 is 4.39 Å². The molecule has 1 aliphatic heterocycles. The molecular weight excluding hydrogens is 239 g/mol. The Morgan fingerprint density at radius 1 is 1.32 bits per heavy atom. The first-order valence-electron chi connectivity index (χ1n) is 7.45. The molecule has 1 heterocycles. The lowest BCUT2D eigenvalue weighted by molar-refractivity contribution is 0.159. The van der Waals surface area contributed by atoms with Gasteiger partial charge in [-0.25, -0.2) is 4.39 Å². The van der Waals surface area contributed by atoms with Crippen LogP contribution in [0.5, 0.6) is 0 Å². The van der Waals surface area contributed by atoms with Crippen molar-refractivity contribution in [3.8, 4) is 0 Å². The van der Waals surface area contributed by atoms with Crippen molar-refractivity contribution in [2.45, 2.75) is 32.2 Å². The molecule has 104 valence electrons. The minimum Gasteiger partial charge on any atom is -0.314 e. The van der Waals surface area contributed by atoms with Crippen molar-refractivity contribution in [2.75, 3.05) is 26.2 Å². The van der Waals surface area contributed by atoms with Crippen LogP contribution in [0.4, 0.5) is 4.39 Å². The molecule has 1 aliphatic carbocycles. The van der Waals surface area contributed by atoms with Crippen LogP contribution in [-0.4, -0.2) is 31.1 Å². The third-order valence-electron chi connectivity index (χ3n) is 4.51. The second-order valence-electron chi connectivity index (χ2n) is 5.93. The molecule has 1 N–H and O–H groups in total. The molecule has 0 amide bonds.